The van der Waals surface area contributed by atoms with Crippen LogP contribution in [0.2, 0.25) is 0 Å². The maximum Gasteiger partial charge on any atom is 0.159 e. The SMILES string of the molecule is CCC1CCCCC1C(Cc1ccc(F)c(F)c1)NN. The molecule has 1 aromatic carbocycles. The number of hydrogen-bond donors (Lipinski definition) is 2. The monoisotopic (exact) mass is 282 g/mol. The molecule has 0 saturated heterocycles. The van der Waals surface area contributed by atoms with Crippen LogP contribution >= 0.6 is 0 Å². The van der Waals surface area contributed by atoms with Crippen molar-refractivity contribution >= 4 is 0 Å². The van der Waals surface area contributed by atoms with Gasteiger partial charge in [-0.15, -0.1) is 0 Å². The van der Waals surface area contributed by atoms with E-state index in [2.05, 4.69) is 12.3 Å². The van der Waals surface area contributed by atoms with Crippen LogP contribution in [0.4, 0.5) is 8.78 Å². The van der Waals surface area contributed by atoms with Crippen LogP contribution in [0.25, 0.3) is 0 Å². The highest BCUT2D eigenvalue weighted by molar-refractivity contribution is 5.19. The van der Waals surface area contributed by atoms with E-state index in [-0.39, 0.29) is 6.04 Å². The molecule has 1 aliphatic carbocycles. The lowest BCUT2D eigenvalue weighted by molar-refractivity contribution is 0.174. The number of halogens is 2. The molecule has 0 radical (unpaired) electrons. The topological polar surface area (TPSA) is 38.0 Å². The van der Waals surface area contributed by atoms with E-state index in [1.807, 2.05) is 0 Å². The summed E-state index contributed by atoms with van der Waals surface area (Å²) in [4.78, 5) is 0. The lowest BCUT2D eigenvalue weighted by Crippen LogP contribution is -2.46. The van der Waals surface area contributed by atoms with Gasteiger partial charge in [0.15, 0.2) is 11.6 Å². The Morgan fingerprint density at radius 1 is 1.25 bits per heavy atom. The summed E-state index contributed by atoms with van der Waals surface area (Å²) in [5.41, 5.74) is 3.70. The van der Waals surface area contributed by atoms with Crippen LogP contribution < -0.4 is 11.3 Å². The van der Waals surface area contributed by atoms with Crippen molar-refractivity contribution in [3.8, 4) is 0 Å². The third-order valence-corrected chi connectivity index (χ3v) is 4.66. The third-order valence-electron chi connectivity index (χ3n) is 4.66. The molecule has 0 aromatic heterocycles. The molecule has 0 heterocycles. The van der Waals surface area contributed by atoms with E-state index in [0.29, 0.717) is 18.3 Å². The quantitative estimate of drug-likeness (QED) is 0.640. The Labute approximate surface area is 119 Å². The normalized spacial score (nSPS) is 24.6. The van der Waals surface area contributed by atoms with Crippen molar-refractivity contribution in [2.75, 3.05) is 0 Å². The number of hydrogen-bond acceptors (Lipinski definition) is 2. The van der Waals surface area contributed by atoms with Gasteiger partial charge in [0.1, 0.15) is 0 Å². The van der Waals surface area contributed by atoms with E-state index >= 15 is 0 Å². The maximum atomic E-state index is 13.3. The van der Waals surface area contributed by atoms with E-state index in [4.69, 9.17) is 5.84 Å². The van der Waals surface area contributed by atoms with E-state index in [0.717, 1.165) is 18.4 Å². The molecule has 3 N–H and O–H groups in total. The molecule has 112 valence electrons. The van der Waals surface area contributed by atoms with Gasteiger partial charge in [-0.1, -0.05) is 38.7 Å². The fraction of sp³-hybridized carbons (Fsp3) is 0.625. The Morgan fingerprint density at radius 2 is 2.00 bits per heavy atom. The highest BCUT2D eigenvalue weighted by Crippen LogP contribution is 2.35. The van der Waals surface area contributed by atoms with Crippen molar-refractivity contribution in [1.82, 2.24) is 5.43 Å². The lowest BCUT2D eigenvalue weighted by Gasteiger charge is -2.36. The van der Waals surface area contributed by atoms with Gasteiger partial charge in [-0.05, 0) is 42.4 Å². The zero-order valence-electron chi connectivity index (χ0n) is 12.0. The minimum atomic E-state index is -0.796. The average Bonchev–Trinajstić information content (AvgIpc) is 2.48. The van der Waals surface area contributed by atoms with Crippen LogP contribution in [0, 0.1) is 23.5 Å². The molecule has 4 heteroatoms. The van der Waals surface area contributed by atoms with Crippen molar-refractivity contribution in [1.29, 1.82) is 0 Å². The molecular formula is C16H24F2N2. The second-order valence-electron chi connectivity index (χ2n) is 5.84. The Hall–Kier alpha value is -1.00. The lowest BCUT2D eigenvalue weighted by atomic mass is 9.73. The number of hydrazine groups is 1. The maximum absolute atomic E-state index is 13.3. The van der Waals surface area contributed by atoms with Crippen LogP contribution in [0.3, 0.4) is 0 Å². The molecule has 2 nitrogen and oxygen atoms in total. The molecule has 3 unspecified atom stereocenters. The molecule has 0 aliphatic heterocycles. The van der Waals surface area contributed by atoms with E-state index in [1.165, 1.54) is 31.4 Å². The minimum absolute atomic E-state index is 0.130. The number of benzene rings is 1. The summed E-state index contributed by atoms with van der Waals surface area (Å²) in [6.07, 6.45) is 6.73. The average molecular weight is 282 g/mol. The summed E-state index contributed by atoms with van der Waals surface area (Å²) in [6, 6.07) is 4.25. The summed E-state index contributed by atoms with van der Waals surface area (Å²) >= 11 is 0. The Bertz CT molecular complexity index is 436. The molecule has 3 atom stereocenters. The standard InChI is InChI=1S/C16H24F2N2/c1-2-12-5-3-4-6-13(12)16(20-19)10-11-7-8-14(17)15(18)9-11/h7-9,12-13,16,20H,2-6,10,19H2,1H3. The van der Waals surface area contributed by atoms with E-state index in [9.17, 15) is 8.78 Å². The molecule has 1 saturated carbocycles. The molecule has 0 bridgehead atoms. The van der Waals surface area contributed by atoms with Crippen molar-refractivity contribution in [2.45, 2.75) is 51.5 Å². The van der Waals surface area contributed by atoms with Gasteiger partial charge >= 0.3 is 0 Å². The van der Waals surface area contributed by atoms with Gasteiger partial charge in [0.25, 0.3) is 0 Å². The van der Waals surface area contributed by atoms with Crippen LogP contribution in [-0.4, -0.2) is 6.04 Å². The van der Waals surface area contributed by atoms with Gasteiger partial charge in [-0.3, -0.25) is 11.3 Å². The van der Waals surface area contributed by atoms with Crippen LogP contribution in [0.15, 0.2) is 18.2 Å². The van der Waals surface area contributed by atoms with Gasteiger partial charge in [-0.25, -0.2) is 8.78 Å². The Balaban J connectivity index is 2.09. The van der Waals surface area contributed by atoms with Gasteiger partial charge in [0, 0.05) is 6.04 Å². The number of nitrogens with two attached hydrogens (primary N) is 1. The molecule has 1 aromatic rings. The third kappa shape index (κ3) is 3.55. The van der Waals surface area contributed by atoms with E-state index < -0.39 is 11.6 Å². The second-order valence-corrected chi connectivity index (χ2v) is 5.84. The van der Waals surface area contributed by atoms with Gasteiger partial charge in [0.2, 0.25) is 0 Å². The largest absolute Gasteiger partial charge is 0.271 e. The van der Waals surface area contributed by atoms with Gasteiger partial charge in [-0.2, -0.15) is 0 Å². The molecule has 2 rings (SSSR count). The predicted octanol–water partition coefficient (Wildman–Crippen LogP) is 3.56. The van der Waals surface area contributed by atoms with Crippen molar-refractivity contribution < 1.29 is 8.78 Å². The fourth-order valence-corrected chi connectivity index (χ4v) is 3.53. The van der Waals surface area contributed by atoms with Crippen LogP contribution in [0.1, 0.15) is 44.6 Å². The molecule has 0 spiro atoms. The smallest absolute Gasteiger partial charge is 0.159 e. The van der Waals surface area contributed by atoms with Crippen LogP contribution in [0.5, 0.6) is 0 Å². The molecule has 0 amide bonds. The highest BCUT2D eigenvalue weighted by atomic mass is 19.2. The predicted molar refractivity (Wildman–Crippen MR) is 76.9 cm³/mol. The summed E-state index contributed by atoms with van der Waals surface area (Å²) in [7, 11) is 0. The second kappa shape index (κ2) is 7.14. The summed E-state index contributed by atoms with van der Waals surface area (Å²) in [5, 5.41) is 0. The summed E-state index contributed by atoms with van der Waals surface area (Å²) in [6.45, 7) is 2.22. The minimum Gasteiger partial charge on any atom is -0.271 e. The fourth-order valence-electron chi connectivity index (χ4n) is 3.53. The van der Waals surface area contributed by atoms with E-state index in [1.54, 1.807) is 6.07 Å². The molecule has 20 heavy (non-hydrogen) atoms. The summed E-state index contributed by atoms with van der Waals surface area (Å²) < 4.78 is 26.3. The van der Waals surface area contributed by atoms with Crippen molar-refractivity contribution in [2.24, 2.45) is 17.7 Å². The first-order valence-electron chi connectivity index (χ1n) is 7.55. The first-order chi connectivity index (χ1) is 9.65. The highest BCUT2D eigenvalue weighted by Gasteiger charge is 2.30. The van der Waals surface area contributed by atoms with Gasteiger partial charge < -0.3 is 0 Å². The zero-order valence-corrected chi connectivity index (χ0v) is 12.0. The first kappa shape index (κ1) is 15.4. The molecule has 1 aliphatic rings. The van der Waals surface area contributed by atoms with Crippen molar-refractivity contribution in [3.05, 3.63) is 35.4 Å². The number of nitrogens with one attached hydrogen (secondary N) is 1. The Kier molecular flexibility index (Phi) is 5.49. The number of rotatable bonds is 5. The van der Waals surface area contributed by atoms with Crippen LogP contribution in [-0.2, 0) is 6.42 Å². The van der Waals surface area contributed by atoms with Crippen molar-refractivity contribution in [3.63, 3.8) is 0 Å². The summed E-state index contributed by atoms with van der Waals surface area (Å²) in [5.74, 6) is 5.34. The Morgan fingerprint density at radius 3 is 2.65 bits per heavy atom. The molecule has 1 fully saturated rings. The molecular weight excluding hydrogens is 258 g/mol. The first-order valence-corrected chi connectivity index (χ1v) is 7.55. The van der Waals surface area contributed by atoms with Gasteiger partial charge in [0.05, 0.1) is 0 Å². The zero-order chi connectivity index (χ0) is 14.5.